The van der Waals surface area contributed by atoms with E-state index in [1.54, 1.807) is 17.4 Å². The summed E-state index contributed by atoms with van der Waals surface area (Å²) in [5.41, 5.74) is 8.21. The SMILES string of the molecule is NC(c1csc(I)c1)c1cc2c(cc1Cl)OCCO2. The Balaban J connectivity index is 2.00. The van der Waals surface area contributed by atoms with Crippen LogP contribution in [0.25, 0.3) is 0 Å². The number of ether oxygens (including phenoxy) is 2. The molecule has 0 saturated carbocycles. The van der Waals surface area contributed by atoms with Gasteiger partial charge in [-0.25, -0.2) is 0 Å². The fourth-order valence-electron chi connectivity index (χ4n) is 1.98. The Morgan fingerprint density at radius 3 is 2.53 bits per heavy atom. The molecule has 19 heavy (non-hydrogen) atoms. The van der Waals surface area contributed by atoms with Crippen LogP contribution in [0.1, 0.15) is 17.2 Å². The van der Waals surface area contributed by atoms with Gasteiger partial charge < -0.3 is 15.2 Å². The van der Waals surface area contributed by atoms with Gasteiger partial charge in [0.25, 0.3) is 0 Å². The summed E-state index contributed by atoms with van der Waals surface area (Å²) in [5.74, 6) is 1.40. The lowest BCUT2D eigenvalue weighted by molar-refractivity contribution is 0.171. The van der Waals surface area contributed by atoms with E-state index in [2.05, 4.69) is 34.0 Å². The maximum absolute atomic E-state index is 6.30. The minimum absolute atomic E-state index is 0.247. The van der Waals surface area contributed by atoms with Crippen molar-refractivity contribution in [3.05, 3.63) is 42.6 Å². The van der Waals surface area contributed by atoms with Crippen LogP contribution >= 0.6 is 45.5 Å². The monoisotopic (exact) mass is 407 g/mol. The van der Waals surface area contributed by atoms with Crippen molar-refractivity contribution in [2.24, 2.45) is 5.73 Å². The first-order valence-corrected chi connectivity index (χ1v) is 8.07. The number of benzene rings is 1. The number of rotatable bonds is 2. The summed E-state index contributed by atoms with van der Waals surface area (Å²) in [4.78, 5) is 0. The van der Waals surface area contributed by atoms with Gasteiger partial charge in [0.1, 0.15) is 13.2 Å². The third kappa shape index (κ3) is 2.69. The summed E-state index contributed by atoms with van der Waals surface area (Å²) in [6, 6.07) is 5.49. The van der Waals surface area contributed by atoms with Crippen molar-refractivity contribution in [3.63, 3.8) is 0 Å². The summed E-state index contributed by atoms with van der Waals surface area (Å²) >= 11 is 10.3. The first-order chi connectivity index (χ1) is 9.15. The Morgan fingerprint density at radius 2 is 1.89 bits per heavy atom. The van der Waals surface area contributed by atoms with Crippen molar-refractivity contribution in [3.8, 4) is 11.5 Å². The molecule has 0 amide bonds. The summed E-state index contributed by atoms with van der Waals surface area (Å²) in [6.07, 6.45) is 0. The van der Waals surface area contributed by atoms with Crippen molar-refractivity contribution in [2.45, 2.75) is 6.04 Å². The van der Waals surface area contributed by atoms with Crippen LogP contribution in [0.4, 0.5) is 0 Å². The molecule has 2 aromatic rings. The molecule has 0 aliphatic carbocycles. The predicted molar refractivity (Wildman–Crippen MR) is 85.5 cm³/mol. The molecule has 6 heteroatoms. The maximum atomic E-state index is 6.30. The van der Waals surface area contributed by atoms with Crippen molar-refractivity contribution in [1.29, 1.82) is 0 Å². The first-order valence-electron chi connectivity index (χ1n) is 5.73. The fourth-order valence-corrected chi connectivity index (χ4v) is 3.66. The summed E-state index contributed by atoms with van der Waals surface area (Å²) in [7, 11) is 0. The third-order valence-corrected chi connectivity index (χ3v) is 5.08. The van der Waals surface area contributed by atoms with Gasteiger partial charge in [-0.1, -0.05) is 11.6 Å². The van der Waals surface area contributed by atoms with Gasteiger partial charge in [0.05, 0.1) is 8.93 Å². The van der Waals surface area contributed by atoms with E-state index < -0.39 is 0 Å². The van der Waals surface area contributed by atoms with Gasteiger partial charge in [0.2, 0.25) is 0 Å². The highest BCUT2D eigenvalue weighted by molar-refractivity contribution is 14.1. The molecular formula is C13H11ClINO2S. The van der Waals surface area contributed by atoms with E-state index in [1.807, 2.05) is 6.07 Å². The Labute approximate surface area is 133 Å². The van der Waals surface area contributed by atoms with E-state index in [9.17, 15) is 0 Å². The topological polar surface area (TPSA) is 44.5 Å². The van der Waals surface area contributed by atoms with Crippen molar-refractivity contribution >= 4 is 45.5 Å². The van der Waals surface area contributed by atoms with Crippen molar-refractivity contribution in [1.82, 2.24) is 0 Å². The number of thiophene rings is 1. The van der Waals surface area contributed by atoms with Crippen LogP contribution < -0.4 is 15.2 Å². The normalized spacial score (nSPS) is 15.3. The zero-order valence-electron chi connectivity index (χ0n) is 9.86. The Kier molecular flexibility index (Phi) is 3.88. The summed E-state index contributed by atoms with van der Waals surface area (Å²) in [5, 5.41) is 2.66. The molecule has 1 aliphatic rings. The van der Waals surface area contributed by atoms with E-state index in [0.717, 1.165) is 11.1 Å². The third-order valence-electron chi connectivity index (χ3n) is 2.94. The van der Waals surface area contributed by atoms with Crippen LogP contribution in [0.15, 0.2) is 23.6 Å². The van der Waals surface area contributed by atoms with Gasteiger partial charge in [-0.05, 0) is 51.2 Å². The van der Waals surface area contributed by atoms with Gasteiger partial charge >= 0.3 is 0 Å². The zero-order valence-corrected chi connectivity index (χ0v) is 13.6. The molecule has 1 aliphatic heterocycles. The molecule has 0 radical (unpaired) electrons. The largest absolute Gasteiger partial charge is 0.486 e. The second-order valence-corrected chi connectivity index (χ2v) is 7.39. The number of halogens is 2. The van der Waals surface area contributed by atoms with Gasteiger partial charge in [-0.15, -0.1) is 11.3 Å². The average Bonchev–Trinajstić information content (AvgIpc) is 2.84. The lowest BCUT2D eigenvalue weighted by Gasteiger charge is -2.21. The van der Waals surface area contributed by atoms with E-state index in [-0.39, 0.29) is 6.04 Å². The number of nitrogens with two attached hydrogens (primary N) is 1. The molecule has 1 unspecified atom stereocenters. The number of fused-ring (bicyclic) bond motifs is 1. The highest BCUT2D eigenvalue weighted by Gasteiger charge is 2.20. The van der Waals surface area contributed by atoms with Crippen molar-refractivity contribution in [2.75, 3.05) is 13.2 Å². The molecule has 0 saturated heterocycles. The molecule has 1 atom stereocenters. The lowest BCUT2D eigenvalue weighted by Crippen LogP contribution is -2.17. The number of hydrogen-bond donors (Lipinski definition) is 1. The Bertz CT molecular complexity index is 617. The van der Waals surface area contributed by atoms with Crippen LogP contribution in [0.5, 0.6) is 11.5 Å². The van der Waals surface area contributed by atoms with Gasteiger partial charge in [0, 0.05) is 11.1 Å². The second-order valence-electron chi connectivity index (χ2n) is 4.18. The van der Waals surface area contributed by atoms with Crippen LogP contribution in [0.3, 0.4) is 0 Å². The van der Waals surface area contributed by atoms with Crippen molar-refractivity contribution < 1.29 is 9.47 Å². The molecule has 3 rings (SSSR count). The number of hydrogen-bond acceptors (Lipinski definition) is 4. The smallest absolute Gasteiger partial charge is 0.162 e. The van der Waals surface area contributed by atoms with Gasteiger partial charge in [-0.2, -0.15) is 0 Å². The average molecular weight is 408 g/mol. The van der Waals surface area contributed by atoms with Gasteiger partial charge in [0.15, 0.2) is 11.5 Å². The zero-order chi connectivity index (χ0) is 13.4. The molecular weight excluding hydrogens is 397 g/mol. The molecule has 2 N–H and O–H groups in total. The molecule has 1 aromatic carbocycles. The molecule has 1 aromatic heterocycles. The molecule has 3 nitrogen and oxygen atoms in total. The standard InChI is InChI=1S/C13H11ClINO2S/c14-9-5-11-10(17-1-2-18-11)4-8(9)13(16)7-3-12(15)19-6-7/h3-6,13H,1-2,16H2. The second kappa shape index (κ2) is 5.47. The summed E-state index contributed by atoms with van der Waals surface area (Å²) in [6.45, 7) is 1.11. The van der Waals surface area contributed by atoms with Gasteiger partial charge in [-0.3, -0.25) is 0 Å². The molecule has 2 heterocycles. The van der Waals surface area contributed by atoms with Crippen LogP contribution in [-0.4, -0.2) is 13.2 Å². The highest BCUT2D eigenvalue weighted by atomic mass is 127. The molecule has 0 fully saturated rings. The molecule has 100 valence electrons. The van der Waals surface area contributed by atoms with Crippen LogP contribution in [-0.2, 0) is 0 Å². The molecule has 0 bridgehead atoms. The van der Waals surface area contributed by atoms with E-state index in [1.165, 1.54) is 2.88 Å². The van der Waals surface area contributed by atoms with E-state index in [0.29, 0.717) is 29.7 Å². The van der Waals surface area contributed by atoms with Crippen LogP contribution in [0, 0.1) is 2.88 Å². The maximum Gasteiger partial charge on any atom is 0.162 e. The van der Waals surface area contributed by atoms with Crippen LogP contribution in [0.2, 0.25) is 5.02 Å². The first kappa shape index (κ1) is 13.5. The minimum Gasteiger partial charge on any atom is -0.486 e. The highest BCUT2D eigenvalue weighted by Crippen LogP contribution is 2.39. The van der Waals surface area contributed by atoms with E-state index >= 15 is 0 Å². The summed E-state index contributed by atoms with van der Waals surface area (Å²) < 4.78 is 12.3. The van der Waals surface area contributed by atoms with E-state index in [4.69, 9.17) is 26.8 Å². The minimum atomic E-state index is -0.247. The fraction of sp³-hybridized carbons (Fsp3) is 0.231. The quantitative estimate of drug-likeness (QED) is 0.770. The molecule has 0 spiro atoms. The Morgan fingerprint density at radius 1 is 1.21 bits per heavy atom. The Hall–Kier alpha value is -0.500. The lowest BCUT2D eigenvalue weighted by atomic mass is 10.0. The predicted octanol–water partition coefficient (Wildman–Crippen LogP) is 3.83.